The van der Waals surface area contributed by atoms with Crippen LogP contribution in [-0.4, -0.2) is 30.1 Å². The Morgan fingerprint density at radius 2 is 1.92 bits per heavy atom. The van der Waals surface area contributed by atoms with Crippen molar-refractivity contribution in [3.05, 3.63) is 59.1 Å². The lowest BCUT2D eigenvalue weighted by Gasteiger charge is -2.18. The molecule has 1 aliphatic rings. The molecular formula is C18H16ClNO4. The highest BCUT2D eigenvalue weighted by atomic mass is 35.5. The first-order valence-electron chi connectivity index (χ1n) is 7.55. The maximum absolute atomic E-state index is 12.2. The summed E-state index contributed by atoms with van der Waals surface area (Å²) < 4.78 is 5.68. The SMILES string of the molecule is O=C(O)c1ccc(OCC2CC(=O)N(c3ccccc3Cl)C2)cc1. The normalized spacial score (nSPS) is 17.1. The zero-order valence-electron chi connectivity index (χ0n) is 12.8. The van der Waals surface area contributed by atoms with Crippen molar-refractivity contribution >= 4 is 29.2 Å². The topological polar surface area (TPSA) is 66.8 Å². The summed E-state index contributed by atoms with van der Waals surface area (Å²) in [6.07, 6.45) is 0.401. The van der Waals surface area contributed by atoms with E-state index in [1.54, 1.807) is 23.1 Å². The molecule has 1 heterocycles. The monoisotopic (exact) mass is 345 g/mol. The number of anilines is 1. The first-order valence-corrected chi connectivity index (χ1v) is 7.93. The van der Waals surface area contributed by atoms with E-state index >= 15 is 0 Å². The first-order chi connectivity index (χ1) is 11.5. The van der Waals surface area contributed by atoms with E-state index in [2.05, 4.69) is 0 Å². The van der Waals surface area contributed by atoms with Gasteiger partial charge in [0, 0.05) is 18.9 Å². The van der Waals surface area contributed by atoms with Crippen LogP contribution in [0.3, 0.4) is 0 Å². The van der Waals surface area contributed by atoms with E-state index in [9.17, 15) is 9.59 Å². The highest BCUT2D eigenvalue weighted by Crippen LogP contribution is 2.31. The molecule has 1 unspecified atom stereocenters. The molecule has 2 aromatic carbocycles. The molecule has 124 valence electrons. The molecule has 0 aliphatic carbocycles. The number of carbonyl (C=O) groups excluding carboxylic acids is 1. The standard InChI is InChI=1S/C18H16ClNO4/c19-15-3-1-2-4-16(15)20-10-12(9-17(20)21)11-24-14-7-5-13(6-8-14)18(22)23/h1-8,12H,9-11H2,(H,22,23). The fourth-order valence-electron chi connectivity index (χ4n) is 2.70. The van der Waals surface area contributed by atoms with E-state index in [1.165, 1.54) is 12.1 Å². The van der Waals surface area contributed by atoms with Crippen molar-refractivity contribution in [1.82, 2.24) is 0 Å². The van der Waals surface area contributed by atoms with Gasteiger partial charge >= 0.3 is 5.97 Å². The summed E-state index contributed by atoms with van der Waals surface area (Å²) in [5, 5.41) is 9.43. The van der Waals surface area contributed by atoms with E-state index in [0.29, 0.717) is 30.3 Å². The van der Waals surface area contributed by atoms with Gasteiger partial charge in [0.2, 0.25) is 5.91 Å². The largest absolute Gasteiger partial charge is 0.493 e. The number of aromatic carboxylic acids is 1. The van der Waals surface area contributed by atoms with Crippen LogP contribution in [0, 0.1) is 5.92 Å². The molecule has 3 rings (SSSR count). The molecule has 0 spiro atoms. The molecule has 1 atom stereocenters. The third-order valence-electron chi connectivity index (χ3n) is 3.94. The van der Waals surface area contributed by atoms with Crippen LogP contribution in [0.2, 0.25) is 5.02 Å². The Morgan fingerprint density at radius 3 is 2.58 bits per heavy atom. The molecule has 1 fully saturated rings. The van der Waals surface area contributed by atoms with Crippen molar-refractivity contribution in [2.75, 3.05) is 18.1 Å². The van der Waals surface area contributed by atoms with E-state index in [0.717, 1.165) is 5.69 Å². The number of carbonyl (C=O) groups is 2. The van der Waals surface area contributed by atoms with Crippen LogP contribution in [0.5, 0.6) is 5.75 Å². The molecule has 1 saturated heterocycles. The average Bonchev–Trinajstić information content (AvgIpc) is 2.94. The predicted molar refractivity (Wildman–Crippen MR) is 90.8 cm³/mol. The predicted octanol–water partition coefficient (Wildman–Crippen LogP) is 3.47. The van der Waals surface area contributed by atoms with Crippen molar-refractivity contribution < 1.29 is 19.4 Å². The van der Waals surface area contributed by atoms with Crippen molar-refractivity contribution in [1.29, 1.82) is 0 Å². The Hall–Kier alpha value is -2.53. The number of amides is 1. The first kappa shape index (κ1) is 16.3. The van der Waals surface area contributed by atoms with Crippen LogP contribution < -0.4 is 9.64 Å². The van der Waals surface area contributed by atoms with Crippen molar-refractivity contribution in [3.63, 3.8) is 0 Å². The second-order valence-electron chi connectivity index (χ2n) is 5.67. The van der Waals surface area contributed by atoms with Crippen LogP contribution in [0.25, 0.3) is 0 Å². The summed E-state index contributed by atoms with van der Waals surface area (Å²) in [6.45, 7) is 0.939. The molecule has 1 aliphatic heterocycles. The minimum Gasteiger partial charge on any atom is -0.493 e. The van der Waals surface area contributed by atoms with Crippen LogP contribution in [0.1, 0.15) is 16.8 Å². The number of benzene rings is 2. The van der Waals surface area contributed by atoms with Gasteiger partial charge in [-0.15, -0.1) is 0 Å². The van der Waals surface area contributed by atoms with Crippen LogP contribution in [0.15, 0.2) is 48.5 Å². The van der Waals surface area contributed by atoms with Crippen molar-refractivity contribution in [3.8, 4) is 5.75 Å². The highest BCUT2D eigenvalue weighted by molar-refractivity contribution is 6.33. The van der Waals surface area contributed by atoms with Crippen molar-refractivity contribution in [2.24, 2.45) is 5.92 Å². The number of carboxylic acids is 1. The van der Waals surface area contributed by atoms with Gasteiger partial charge < -0.3 is 14.7 Å². The lowest BCUT2D eigenvalue weighted by molar-refractivity contribution is -0.117. The smallest absolute Gasteiger partial charge is 0.335 e. The zero-order valence-corrected chi connectivity index (χ0v) is 13.6. The Kier molecular flexibility index (Phi) is 4.71. The Labute approximate surface area is 144 Å². The maximum Gasteiger partial charge on any atom is 0.335 e. The van der Waals surface area contributed by atoms with Gasteiger partial charge in [0.05, 0.1) is 22.9 Å². The molecule has 1 amide bonds. The Morgan fingerprint density at radius 1 is 1.21 bits per heavy atom. The van der Waals surface area contributed by atoms with E-state index in [4.69, 9.17) is 21.4 Å². The number of hydrogen-bond acceptors (Lipinski definition) is 3. The molecule has 6 heteroatoms. The third-order valence-corrected chi connectivity index (χ3v) is 4.25. The molecule has 0 saturated carbocycles. The Balaban J connectivity index is 1.60. The van der Waals surface area contributed by atoms with Gasteiger partial charge in [-0.3, -0.25) is 4.79 Å². The summed E-state index contributed by atoms with van der Waals surface area (Å²) in [4.78, 5) is 24.7. The van der Waals surface area contributed by atoms with Gasteiger partial charge in [-0.2, -0.15) is 0 Å². The number of rotatable bonds is 5. The van der Waals surface area contributed by atoms with Gasteiger partial charge in [0.1, 0.15) is 5.75 Å². The highest BCUT2D eigenvalue weighted by Gasteiger charge is 2.32. The molecule has 2 aromatic rings. The van der Waals surface area contributed by atoms with Crippen LogP contribution in [-0.2, 0) is 4.79 Å². The number of ether oxygens (including phenoxy) is 1. The molecule has 0 aromatic heterocycles. The molecule has 5 nitrogen and oxygen atoms in total. The maximum atomic E-state index is 12.2. The molecule has 24 heavy (non-hydrogen) atoms. The second kappa shape index (κ2) is 6.93. The van der Waals surface area contributed by atoms with Gasteiger partial charge in [0.25, 0.3) is 0 Å². The van der Waals surface area contributed by atoms with E-state index in [-0.39, 0.29) is 17.4 Å². The molecular weight excluding hydrogens is 330 g/mol. The van der Waals surface area contributed by atoms with E-state index < -0.39 is 5.97 Å². The molecule has 1 N–H and O–H groups in total. The minimum atomic E-state index is -0.974. The average molecular weight is 346 g/mol. The summed E-state index contributed by atoms with van der Waals surface area (Å²) in [6, 6.07) is 13.5. The summed E-state index contributed by atoms with van der Waals surface area (Å²) in [7, 11) is 0. The number of para-hydroxylation sites is 1. The molecule has 0 bridgehead atoms. The van der Waals surface area contributed by atoms with Gasteiger partial charge in [-0.05, 0) is 36.4 Å². The lowest BCUT2D eigenvalue weighted by Crippen LogP contribution is -2.25. The van der Waals surface area contributed by atoms with Crippen molar-refractivity contribution in [2.45, 2.75) is 6.42 Å². The molecule has 0 radical (unpaired) electrons. The van der Waals surface area contributed by atoms with Gasteiger partial charge in [0.15, 0.2) is 0 Å². The quantitative estimate of drug-likeness (QED) is 0.901. The second-order valence-corrected chi connectivity index (χ2v) is 6.07. The zero-order chi connectivity index (χ0) is 17.1. The summed E-state index contributed by atoms with van der Waals surface area (Å²) in [5.41, 5.74) is 0.931. The lowest BCUT2D eigenvalue weighted by atomic mass is 10.1. The van der Waals surface area contributed by atoms with Crippen LogP contribution in [0.4, 0.5) is 5.69 Å². The van der Waals surface area contributed by atoms with Gasteiger partial charge in [-0.25, -0.2) is 4.79 Å². The minimum absolute atomic E-state index is 0.0259. The van der Waals surface area contributed by atoms with Gasteiger partial charge in [-0.1, -0.05) is 23.7 Å². The van der Waals surface area contributed by atoms with E-state index in [1.807, 2.05) is 18.2 Å². The number of carboxylic acid groups (broad SMARTS) is 1. The summed E-state index contributed by atoms with van der Waals surface area (Å²) >= 11 is 6.16. The fourth-order valence-corrected chi connectivity index (χ4v) is 2.94. The Bertz CT molecular complexity index is 760. The number of nitrogens with zero attached hydrogens (tertiary/aromatic N) is 1. The number of hydrogen-bond donors (Lipinski definition) is 1. The third kappa shape index (κ3) is 3.51. The fraction of sp³-hybridized carbons (Fsp3) is 0.222. The van der Waals surface area contributed by atoms with Crippen LogP contribution >= 0.6 is 11.6 Å². The summed E-state index contributed by atoms with van der Waals surface area (Å²) in [5.74, 6) is -0.298. The number of halogens is 1.